The van der Waals surface area contributed by atoms with Gasteiger partial charge in [0, 0.05) is 17.7 Å². The van der Waals surface area contributed by atoms with Gasteiger partial charge in [-0.15, -0.1) is 5.10 Å². The number of hydrogen-bond donors (Lipinski definition) is 2. The summed E-state index contributed by atoms with van der Waals surface area (Å²) in [5.41, 5.74) is 3.49. The van der Waals surface area contributed by atoms with Crippen LogP contribution in [0.1, 0.15) is 36.7 Å². The van der Waals surface area contributed by atoms with Crippen molar-refractivity contribution in [1.29, 1.82) is 0 Å². The van der Waals surface area contributed by atoms with Crippen molar-refractivity contribution in [1.82, 2.24) is 35.1 Å². The molecule has 0 fully saturated rings. The molecule has 3 aromatic rings. The van der Waals surface area contributed by atoms with Gasteiger partial charge >= 0.3 is 0 Å². The van der Waals surface area contributed by atoms with Crippen LogP contribution in [0.15, 0.2) is 35.1 Å². The summed E-state index contributed by atoms with van der Waals surface area (Å²) in [6.07, 6.45) is 2.81. The van der Waals surface area contributed by atoms with Crippen molar-refractivity contribution in [3.8, 4) is 11.3 Å². The molecule has 0 spiro atoms. The van der Waals surface area contributed by atoms with Crippen LogP contribution >= 0.6 is 0 Å². The number of nitrogens with zero attached hydrogens (tertiary/aromatic N) is 5. The Balaban J connectivity index is 1.52. The first-order valence-corrected chi connectivity index (χ1v) is 11.5. The van der Waals surface area contributed by atoms with Crippen LogP contribution in [0.3, 0.4) is 0 Å². The van der Waals surface area contributed by atoms with E-state index in [-0.39, 0.29) is 23.9 Å². The van der Waals surface area contributed by atoms with E-state index < -0.39 is 10.0 Å². The Hall–Kier alpha value is -2.92. The number of rotatable bonds is 8. The molecule has 0 amide bonds. The molecule has 0 radical (unpaired) electrons. The second kappa shape index (κ2) is 8.44. The van der Waals surface area contributed by atoms with Gasteiger partial charge in [-0.1, -0.05) is 25.5 Å². The number of aromatic amines is 1. The van der Waals surface area contributed by atoms with Crippen molar-refractivity contribution in [2.45, 2.75) is 45.2 Å². The van der Waals surface area contributed by atoms with Crippen LogP contribution in [-0.4, -0.2) is 50.6 Å². The Morgan fingerprint density at radius 2 is 2.03 bits per heavy atom. The molecule has 1 atom stereocenters. The lowest BCUT2D eigenvalue weighted by Gasteiger charge is -2.12. The van der Waals surface area contributed by atoms with Gasteiger partial charge in [0.2, 0.25) is 10.0 Å². The number of unbranched alkanes of at least 4 members (excludes halogenated alkanes) is 1. The van der Waals surface area contributed by atoms with Crippen molar-refractivity contribution >= 4 is 10.0 Å². The monoisotopic (exact) mass is 429 g/mol. The Labute approximate surface area is 173 Å². The van der Waals surface area contributed by atoms with Crippen LogP contribution in [0.4, 0.5) is 0 Å². The summed E-state index contributed by atoms with van der Waals surface area (Å²) in [6, 6.07) is 8.98. The highest BCUT2D eigenvalue weighted by atomic mass is 32.2. The lowest BCUT2D eigenvalue weighted by molar-refractivity contribution is 0.553. The molecule has 158 valence electrons. The molecule has 4 rings (SSSR count). The molecule has 2 N–H and O–H groups in total. The summed E-state index contributed by atoms with van der Waals surface area (Å²) in [5, 5.41) is 17.8. The van der Waals surface area contributed by atoms with Crippen molar-refractivity contribution in [3.05, 3.63) is 57.6 Å². The first kappa shape index (κ1) is 20.4. The highest BCUT2D eigenvalue weighted by Gasteiger charge is 2.25. The number of nitrogens with one attached hydrogen (secondary N) is 2. The minimum atomic E-state index is -3.26. The molecule has 1 aromatic carbocycles. The Morgan fingerprint density at radius 1 is 1.20 bits per heavy atom. The van der Waals surface area contributed by atoms with Crippen molar-refractivity contribution in [2.75, 3.05) is 5.75 Å². The van der Waals surface area contributed by atoms with Crippen LogP contribution in [-0.2, 0) is 29.4 Å². The van der Waals surface area contributed by atoms with Gasteiger partial charge in [-0.3, -0.25) is 4.79 Å². The van der Waals surface area contributed by atoms with E-state index >= 15 is 0 Å². The van der Waals surface area contributed by atoms with E-state index in [0.29, 0.717) is 30.8 Å². The predicted octanol–water partition coefficient (Wildman–Crippen LogP) is 0.658. The smallest absolute Gasteiger partial charge is 0.267 e. The minimum Gasteiger partial charge on any atom is -0.268 e. The van der Waals surface area contributed by atoms with Gasteiger partial charge in [-0.25, -0.2) is 22.9 Å². The standard InChI is InChI=1S/C19H23N7O3S/c1-2-3-8-30(28,29)23-16-10-13-4-5-14(9-15(13)11-16)17-6-7-19(27)26(22-17)12-18-20-24-25-21-18/h4-7,9,16,23H,2-3,8,10-12H2,1H3,(H,20,21,24,25). The average Bonchev–Trinajstić information content (AvgIpc) is 3.36. The number of benzene rings is 1. The molecule has 10 nitrogen and oxygen atoms in total. The second-order valence-corrected chi connectivity index (χ2v) is 9.31. The summed E-state index contributed by atoms with van der Waals surface area (Å²) < 4.78 is 28.6. The molecular formula is C19H23N7O3S. The fourth-order valence-corrected chi connectivity index (χ4v) is 5.07. The maximum Gasteiger partial charge on any atom is 0.267 e. The second-order valence-electron chi connectivity index (χ2n) is 7.44. The molecule has 0 saturated carbocycles. The Morgan fingerprint density at radius 3 is 2.80 bits per heavy atom. The fraction of sp³-hybridized carbons (Fsp3) is 0.421. The molecule has 1 aliphatic rings. The fourth-order valence-electron chi connectivity index (χ4n) is 3.61. The third kappa shape index (κ3) is 4.62. The quantitative estimate of drug-likeness (QED) is 0.537. The van der Waals surface area contributed by atoms with Gasteiger partial charge in [-0.05, 0) is 52.9 Å². The van der Waals surface area contributed by atoms with Gasteiger partial charge in [0.15, 0.2) is 5.82 Å². The zero-order chi connectivity index (χ0) is 21.1. The molecule has 30 heavy (non-hydrogen) atoms. The molecule has 0 saturated heterocycles. The third-order valence-corrected chi connectivity index (χ3v) is 6.62. The molecule has 1 aliphatic carbocycles. The zero-order valence-electron chi connectivity index (χ0n) is 16.6. The topological polar surface area (TPSA) is 136 Å². The third-order valence-electron chi connectivity index (χ3n) is 5.10. The van der Waals surface area contributed by atoms with E-state index in [1.165, 1.54) is 10.7 Å². The summed E-state index contributed by atoms with van der Waals surface area (Å²) in [5.74, 6) is 0.599. The van der Waals surface area contributed by atoms with Crippen LogP contribution in [0.25, 0.3) is 11.3 Å². The van der Waals surface area contributed by atoms with E-state index in [1.807, 2.05) is 25.1 Å². The lowest BCUT2D eigenvalue weighted by Crippen LogP contribution is -2.36. The van der Waals surface area contributed by atoms with Gasteiger partial charge in [-0.2, -0.15) is 5.10 Å². The molecule has 0 aliphatic heterocycles. The van der Waals surface area contributed by atoms with E-state index in [1.54, 1.807) is 6.07 Å². The molecule has 2 heterocycles. The average molecular weight is 430 g/mol. The molecular weight excluding hydrogens is 406 g/mol. The van der Waals surface area contributed by atoms with E-state index in [9.17, 15) is 13.2 Å². The first-order valence-electron chi connectivity index (χ1n) is 9.86. The van der Waals surface area contributed by atoms with Crippen LogP contribution in [0.5, 0.6) is 0 Å². The molecule has 11 heteroatoms. The molecule has 0 bridgehead atoms. The molecule has 1 unspecified atom stereocenters. The maximum atomic E-state index is 12.2. The summed E-state index contributed by atoms with van der Waals surface area (Å²) in [4.78, 5) is 12.1. The lowest BCUT2D eigenvalue weighted by atomic mass is 10.0. The van der Waals surface area contributed by atoms with E-state index in [4.69, 9.17) is 0 Å². The zero-order valence-corrected chi connectivity index (χ0v) is 17.4. The normalized spacial score (nSPS) is 16.0. The van der Waals surface area contributed by atoms with Gasteiger partial charge in [0.1, 0.15) is 6.54 Å². The van der Waals surface area contributed by atoms with Gasteiger partial charge in [0.05, 0.1) is 11.4 Å². The maximum absolute atomic E-state index is 12.2. The van der Waals surface area contributed by atoms with Crippen molar-refractivity contribution in [3.63, 3.8) is 0 Å². The van der Waals surface area contributed by atoms with Crippen molar-refractivity contribution < 1.29 is 8.42 Å². The number of H-pyrrole nitrogens is 1. The largest absolute Gasteiger partial charge is 0.268 e. The van der Waals surface area contributed by atoms with Crippen molar-refractivity contribution in [2.24, 2.45) is 0 Å². The first-order chi connectivity index (χ1) is 14.4. The van der Waals surface area contributed by atoms with Crippen LogP contribution < -0.4 is 10.3 Å². The van der Waals surface area contributed by atoms with Crippen LogP contribution in [0, 0.1) is 0 Å². The Bertz CT molecular complexity index is 1190. The van der Waals surface area contributed by atoms with E-state index in [2.05, 4.69) is 30.4 Å². The number of sulfonamides is 1. The minimum absolute atomic E-state index is 0.127. The highest BCUT2D eigenvalue weighted by Crippen LogP contribution is 2.27. The van der Waals surface area contributed by atoms with E-state index in [0.717, 1.165) is 23.1 Å². The summed E-state index contributed by atoms with van der Waals surface area (Å²) in [7, 11) is -3.26. The Kier molecular flexibility index (Phi) is 5.73. The SMILES string of the molecule is CCCCS(=O)(=O)NC1Cc2ccc(-c3ccc(=O)n(Cc4nnn[nH]4)n3)cc2C1. The van der Waals surface area contributed by atoms with Gasteiger partial charge < -0.3 is 0 Å². The summed E-state index contributed by atoms with van der Waals surface area (Å²) in [6.45, 7) is 2.12. The summed E-state index contributed by atoms with van der Waals surface area (Å²) >= 11 is 0. The van der Waals surface area contributed by atoms with Crippen LogP contribution in [0.2, 0.25) is 0 Å². The number of hydrogen-bond acceptors (Lipinski definition) is 7. The number of aromatic nitrogens is 6. The number of tetrazole rings is 1. The number of fused-ring (bicyclic) bond motifs is 1. The predicted molar refractivity (Wildman–Crippen MR) is 110 cm³/mol. The van der Waals surface area contributed by atoms with Gasteiger partial charge in [0.25, 0.3) is 5.56 Å². The molecule has 2 aromatic heterocycles. The highest BCUT2D eigenvalue weighted by molar-refractivity contribution is 7.89.